The van der Waals surface area contributed by atoms with E-state index in [4.69, 9.17) is 0 Å². The number of aryl methyl sites for hydroxylation is 2. The van der Waals surface area contributed by atoms with Crippen LogP contribution in [0.1, 0.15) is 60.7 Å². The largest absolute Gasteiger partial charge is 0.356 e. The summed E-state index contributed by atoms with van der Waals surface area (Å²) in [4.78, 5) is 29.8. The maximum atomic E-state index is 12.7. The van der Waals surface area contributed by atoms with Crippen LogP contribution in [0.2, 0.25) is 0 Å². The molecular weight excluding hydrogens is 358 g/mol. The van der Waals surface area contributed by atoms with Gasteiger partial charge in [-0.3, -0.25) is 4.79 Å². The van der Waals surface area contributed by atoms with E-state index in [0.29, 0.717) is 5.92 Å². The second-order valence-corrected chi connectivity index (χ2v) is 9.01. The lowest BCUT2D eigenvalue weighted by Gasteiger charge is -2.32. The first-order chi connectivity index (χ1) is 13.3. The summed E-state index contributed by atoms with van der Waals surface area (Å²) in [5.41, 5.74) is 2.37. The van der Waals surface area contributed by atoms with Crippen molar-refractivity contribution < 1.29 is 4.79 Å². The average Bonchev–Trinajstić information content (AvgIpc) is 3.48. The summed E-state index contributed by atoms with van der Waals surface area (Å²) in [6, 6.07) is 2.14. The first kappa shape index (κ1) is 17.1. The molecule has 1 N–H and O–H groups in total. The molecule has 1 saturated heterocycles. The number of piperidine rings is 1. The number of carbonyl (C=O) groups excluding carboxylic acids is 1. The number of amides is 1. The van der Waals surface area contributed by atoms with Crippen molar-refractivity contribution in [3.8, 4) is 0 Å². The zero-order chi connectivity index (χ0) is 18.2. The van der Waals surface area contributed by atoms with Gasteiger partial charge >= 0.3 is 0 Å². The SMILES string of the molecule is O=C(Nc1nc2c(s1)CCCC2)C1CCN(c2cc(C3CC3)ncn2)CC1. The summed E-state index contributed by atoms with van der Waals surface area (Å²) in [7, 11) is 0. The number of hydrogen-bond donors (Lipinski definition) is 1. The topological polar surface area (TPSA) is 71.0 Å². The molecule has 0 unspecified atom stereocenters. The number of nitrogens with one attached hydrogen (secondary N) is 1. The minimum atomic E-state index is 0.0620. The molecule has 0 aromatic carbocycles. The molecule has 2 aromatic rings. The van der Waals surface area contributed by atoms with E-state index in [9.17, 15) is 4.79 Å². The highest BCUT2D eigenvalue weighted by molar-refractivity contribution is 7.15. The monoisotopic (exact) mass is 383 g/mol. The molecule has 142 valence electrons. The summed E-state index contributed by atoms with van der Waals surface area (Å²) in [5, 5.41) is 3.87. The van der Waals surface area contributed by atoms with E-state index in [1.54, 1.807) is 17.7 Å². The average molecular weight is 384 g/mol. The van der Waals surface area contributed by atoms with Gasteiger partial charge in [0, 0.05) is 41.6 Å². The standard InChI is InChI=1S/C20H25N5OS/c26-19(24-20-23-15-3-1-2-4-17(15)27-20)14-7-9-25(10-8-14)18-11-16(13-5-6-13)21-12-22-18/h11-14H,1-10H2,(H,23,24,26). The Bertz CT molecular complexity index is 815. The number of fused-ring (bicyclic) bond motifs is 1. The molecule has 7 heteroatoms. The predicted octanol–water partition coefficient (Wildman–Crippen LogP) is 3.54. The number of carbonyl (C=O) groups is 1. The third kappa shape index (κ3) is 3.70. The Morgan fingerprint density at radius 1 is 1.11 bits per heavy atom. The van der Waals surface area contributed by atoms with Crippen LogP contribution in [0.5, 0.6) is 0 Å². The van der Waals surface area contributed by atoms with Gasteiger partial charge < -0.3 is 10.2 Å². The second kappa shape index (κ2) is 7.19. The van der Waals surface area contributed by atoms with Crippen LogP contribution in [0, 0.1) is 5.92 Å². The zero-order valence-corrected chi connectivity index (χ0v) is 16.3. The quantitative estimate of drug-likeness (QED) is 0.874. The molecule has 0 atom stereocenters. The van der Waals surface area contributed by atoms with Gasteiger partial charge in [0.25, 0.3) is 0 Å². The Morgan fingerprint density at radius 2 is 1.93 bits per heavy atom. The lowest BCUT2D eigenvalue weighted by atomic mass is 9.96. The van der Waals surface area contributed by atoms with Gasteiger partial charge in [0.1, 0.15) is 12.1 Å². The lowest BCUT2D eigenvalue weighted by Crippen LogP contribution is -2.38. The molecule has 1 aliphatic heterocycles. The number of rotatable bonds is 4. The third-order valence-corrected chi connectivity index (χ3v) is 7.01. The maximum absolute atomic E-state index is 12.7. The first-order valence-corrected chi connectivity index (χ1v) is 10.9. The minimum Gasteiger partial charge on any atom is -0.356 e. The molecule has 6 nitrogen and oxygen atoms in total. The van der Waals surface area contributed by atoms with Gasteiger partial charge in [0.2, 0.25) is 5.91 Å². The predicted molar refractivity (Wildman–Crippen MR) is 106 cm³/mol. The molecule has 0 radical (unpaired) electrons. The highest BCUT2D eigenvalue weighted by Gasteiger charge is 2.29. The van der Waals surface area contributed by atoms with Crippen LogP contribution >= 0.6 is 11.3 Å². The fourth-order valence-electron chi connectivity index (χ4n) is 4.12. The van der Waals surface area contributed by atoms with Crippen molar-refractivity contribution in [1.82, 2.24) is 15.0 Å². The molecule has 2 fully saturated rings. The van der Waals surface area contributed by atoms with Crippen LogP contribution in [-0.2, 0) is 17.6 Å². The molecule has 27 heavy (non-hydrogen) atoms. The van der Waals surface area contributed by atoms with Crippen molar-refractivity contribution in [3.05, 3.63) is 28.7 Å². The van der Waals surface area contributed by atoms with Crippen LogP contribution in [0.25, 0.3) is 0 Å². The summed E-state index contributed by atoms with van der Waals surface area (Å²) in [6.07, 6.45) is 10.5. The number of hydrogen-bond acceptors (Lipinski definition) is 6. The Labute approximate surface area is 163 Å². The van der Waals surface area contributed by atoms with Gasteiger partial charge in [-0.25, -0.2) is 15.0 Å². The van der Waals surface area contributed by atoms with Crippen LogP contribution in [0.4, 0.5) is 10.9 Å². The van der Waals surface area contributed by atoms with Gasteiger partial charge in [-0.2, -0.15) is 0 Å². The normalized spacial score (nSPS) is 20.4. The highest BCUT2D eigenvalue weighted by Crippen LogP contribution is 2.39. The number of nitrogens with zero attached hydrogens (tertiary/aromatic N) is 4. The first-order valence-electron chi connectivity index (χ1n) is 10.1. The molecule has 1 saturated carbocycles. The molecule has 3 heterocycles. The Morgan fingerprint density at radius 3 is 2.70 bits per heavy atom. The van der Waals surface area contributed by atoms with Gasteiger partial charge in [0.15, 0.2) is 5.13 Å². The minimum absolute atomic E-state index is 0.0620. The highest BCUT2D eigenvalue weighted by atomic mass is 32.1. The van der Waals surface area contributed by atoms with E-state index in [0.717, 1.165) is 49.7 Å². The van der Waals surface area contributed by atoms with Gasteiger partial charge in [-0.1, -0.05) is 0 Å². The zero-order valence-electron chi connectivity index (χ0n) is 15.5. The third-order valence-electron chi connectivity index (χ3n) is 5.93. The van der Waals surface area contributed by atoms with Gasteiger partial charge in [0.05, 0.1) is 5.69 Å². The van der Waals surface area contributed by atoms with Crippen LogP contribution in [0.15, 0.2) is 12.4 Å². The van der Waals surface area contributed by atoms with Crippen LogP contribution < -0.4 is 10.2 Å². The van der Waals surface area contributed by atoms with E-state index in [-0.39, 0.29) is 11.8 Å². The van der Waals surface area contributed by atoms with Crippen LogP contribution in [-0.4, -0.2) is 33.9 Å². The fourth-order valence-corrected chi connectivity index (χ4v) is 5.17. The van der Waals surface area contributed by atoms with E-state index >= 15 is 0 Å². The summed E-state index contributed by atoms with van der Waals surface area (Å²) >= 11 is 1.66. The number of thiazole rings is 1. The second-order valence-electron chi connectivity index (χ2n) is 7.92. The molecule has 2 aliphatic carbocycles. The Hall–Kier alpha value is -2.02. The Balaban J connectivity index is 1.18. The molecule has 1 amide bonds. The van der Waals surface area contributed by atoms with Crippen molar-refractivity contribution >= 4 is 28.2 Å². The van der Waals surface area contributed by atoms with E-state index in [1.807, 2.05) is 0 Å². The van der Waals surface area contributed by atoms with Crippen LogP contribution in [0.3, 0.4) is 0 Å². The van der Waals surface area contributed by atoms with E-state index < -0.39 is 0 Å². The van der Waals surface area contributed by atoms with Gasteiger partial charge in [-0.05, 0) is 51.4 Å². The van der Waals surface area contributed by atoms with Crippen molar-refractivity contribution in [1.29, 1.82) is 0 Å². The van der Waals surface area contributed by atoms with Gasteiger partial charge in [-0.15, -0.1) is 11.3 Å². The smallest absolute Gasteiger partial charge is 0.229 e. The number of anilines is 2. The number of aromatic nitrogens is 3. The molecule has 0 bridgehead atoms. The Kier molecular flexibility index (Phi) is 4.55. The van der Waals surface area contributed by atoms with E-state index in [2.05, 4.69) is 31.2 Å². The van der Waals surface area contributed by atoms with Crippen molar-refractivity contribution in [2.24, 2.45) is 5.92 Å². The summed E-state index contributed by atoms with van der Waals surface area (Å²) < 4.78 is 0. The molecule has 5 rings (SSSR count). The summed E-state index contributed by atoms with van der Waals surface area (Å²) in [6.45, 7) is 1.74. The maximum Gasteiger partial charge on any atom is 0.229 e. The molecule has 0 spiro atoms. The fraction of sp³-hybridized carbons (Fsp3) is 0.600. The molecular formula is C20H25N5OS. The van der Waals surface area contributed by atoms with Crippen molar-refractivity contribution in [2.75, 3.05) is 23.3 Å². The van der Waals surface area contributed by atoms with Crippen molar-refractivity contribution in [3.63, 3.8) is 0 Å². The summed E-state index contributed by atoms with van der Waals surface area (Å²) in [5.74, 6) is 1.84. The lowest BCUT2D eigenvalue weighted by molar-refractivity contribution is -0.120. The molecule has 3 aliphatic rings. The van der Waals surface area contributed by atoms with E-state index in [1.165, 1.54) is 41.9 Å². The van der Waals surface area contributed by atoms with Crippen molar-refractivity contribution in [2.45, 2.75) is 57.3 Å². The molecule has 2 aromatic heterocycles.